The number of rotatable bonds is 7. The summed E-state index contributed by atoms with van der Waals surface area (Å²) in [5.41, 5.74) is 0. The van der Waals surface area contributed by atoms with Crippen LogP contribution >= 0.6 is 24.0 Å². The first kappa shape index (κ1) is 24.0. The summed E-state index contributed by atoms with van der Waals surface area (Å²) < 4.78 is 0. The van der Waals surface area contributed by atoms with E-state index in [0.717, 1.165) is 31.5 Å². The highest BCUT2D eigenvalue weighted by Crippen LogP contribution is 2.17. The standard InChI is InChI=1S/C20H41N5.HI/c1-5-21-20(22-15-19-9-7-8-12-25(19)6-2)23-18-10-13-24(14-11-18)16-17(3)4;/h17-19H,5-16H2,1-4H3,(H2,21,22,23);1H. The van der Waals surface area contributed by atoms with E-state index in [4.69, 9.17) is 4.99 Å². The van der Waals surface area contributed by atoms with Crippen LogP contribution < -0.4 is 10.6 Å². The lowest BCUT2D eigenvalue weighted by atomic mass is 10.0. The highest BCUT2D eigenvalue weighted by molar-refractivity contribution is 14.0. The average Bonchev–Trinajstić information content (AvgIpc) is 2.61. The molecule has 0 saturated carbocycles. The highest BCUT2D eigenvalue weighted by atomic mass is 127. The van der Waals surface area contributed by atoms with E-state index >= 15 is 0 Å². The van der Waals surface area contributed by atoms with Crippen molar-refractivity contribution in [1.29, 1.82) is 0 Å². The first-order valence-corrected chi connectivity index (χ1v) is 10.6. The molecule has 0 spiro atoms. The summed E-state index contributed by atoms with van der Waals surface area (Å²) in [5.74, 6) is 1.78. The van der Waals surface area contributed by atoms with Crippen LogP contribution in [0.1, 0.15) is 59.8 Å². The van der Waals surface area contributed by atoms with E-state index in [2.05, 4.69) is 48.1 Å². The van der Waals surface area contributed by atoms with Gasteiger partial charge in [0.15, 0.2) is 5.96 Å². The van der Waals surface area contributed by atoms with Gasteiger partial charge >= 0.3 is 0 Å². The van der Waals surface area contributed by atoms with Crippen molar-refractivity contribution in [1.82, 2.24) is 20.4 Å². The smallest absolute Gasteiger partial charge is 0.191 e. The lowest BCUT2D eigenvalue weighted by Crippen LogP contribution is -2.49. The number of likely N-dealkylation sites (tertiary alicyclic amines) is 2. The zero-order valence-electron chi connectivity index (χ0n) is 17.5. The molecule has 1 atom stereocenters. The van der Waals surface area contributed by atoms with E-state index in [-0.39, 0.29) is 24.0 Å². The molecule has 1 unspecified atom stereocenters. The molecule has 2 aliphatic heterocycles. The fraction of sp³-hybridized carbons (Fsp3) is 0.950. The van der Waals surface area contributed by atoms with E-state index < -0.39 is 0 Å². The molecule has 5 nitrogen and oxygen atoms in total. The van der Waals surface area contributed by atoms with Gasteiger partial charge in [-0.3, -0.25) is 9.89 Å². The largest absolute Gasteiger partial charge is 0.357 e. The summed E-state index contributed by atoms with van der Waals surface area (Å²) in [5, 5.41) is 7.15. The Balaban J connectivity index is 0.00000338. The first-order chi connectivity index (χ1) is 12.1. The van der Waals surface area contributed by atoms with Crippen LogP contribution in [0.25, 0.3) is 0 Å². The van der Waals surface area contributed by atoms with Crippen LogP contribution in [0.4, 0.5) is 0 Å². The van der Waals surface area contributed by atoms with Crippen LogP contribution in [0.5, 0.6) is 0 Å². The summed E-state index contributed by atoms with van der Waals surface area (Å²) in [6.45, 7) is 17.0. The number of piperidine rings is 2. The molecule has 2 fully saturated rings. The Labute approximate surface area is 178 Å². The van der Waals surface area contributed by atoms with Gasteiger partial charge < -0.3 is 15.5 Å². The van der Waals surface area contributed by atoms with Crippen LogP contribution in [0.15, 0.2) is 4.99 Å². The molecule has 0 bridgehead atoms. The quantitative estimate of drug-likeness (QED) is 0.335. The second kappa shape index (κ2) is 13.2. The van der Waals surface area contributed by atoms with Crippen molar-refractivity contribution in [2.75, 3.05) is 45.8 Å². The molecule has 6 heteroatoms. The Morgan fingerprint density at radius 1 is 1.08 bits per heavy atom. The van der Waals surface area contributed by atoms with E-state index in [1.165, 1.54) is 58.3 Å². The molecule has 2 aliphatic rings. The predicted octanol–water partition coefficient (Wildman–Crippen LogP) is 3.15. The Bertz CT molecular complexity index is 394. The summed E-state index contributed by atoms with van der Waals surface area (Å²) in [6, 6.07) is 1.19. The van der Waals surface area contributed by atoms with Crippen LogP contribution in [-0.4, -0.2) is 73.7 Å². The fourth-order valence-electron chi connectivity index (χ4n) is 4.17. The number of aliphatic imine (C=N–C) groups is 1. The van der Waals surface area contributed by atoms with Crippen molar-refractivity contribution in [3.63, 3.8) is 0 Å². The van der Waals surface area contributed by atoms with Crippen molar-refractivity contribution in [3.05, 3.63) is 0 Å². The van der Waals surface area contributed by atoms with E-state index in [1.807, 2.05) is 0 Å². The predicted molar refractivity (Wildman–Crippen MR) is 124 cm³/mol. The van der Waals surface area contributed by atoms with Gasteiger partial charge in [-0.2, -0.15) is 0 Å². The van der Waals surface area contributed by atoms with Gasteiger partial charge in [0.2, 0.25) is 0 Å². The highest BCUT2D eigenvalue weighted by Gasteiger charge is 2.22. The third-order valence-electron chi connectivity index (χ3n) is 5.51. The van der Waals surface area contributed by atoms with Crippen molar-refractivity contribution < 1.29 is 0 Å². The van der Waals surface area contributed by atoms with Crippen molar-refractivity contribution in [3.8, 4) is 0 Å². The molecule has 0 amide bonds. The number of hydrogen-bond acceptors (Lipinski definition) is 3. The van der Waals surface area contributed by atoms with Gasteiger partial charge in [-0.1, -0.05) is 27.2 Å². The lowest BCUT2D eigenvalue weighted by molar-refractivity contribution is 0.161. The van der Waals surface area contributed by atoms with E-state index in [0.29, 0.717) is 12.1 Å². The topological polar surface area (TPSA) is 42.9 Å². The second-order valence-electron chi connectivity index (χ2n) is 8.11. The maximum Gasteiger partial charge on any atom is 0.191 e. The Morgan fingerprint density at radius 3 is 2.42 bits per heavy atom. The van der Waals surface area contributed by atoms with E-state index in [9.17, 15) is 0 Å². The third-order valence-corrected chi connectivity index (χ3v) is 5.51. The van der Waals surface area contributed by atoms with Crippen molar-refractivity contribution in [2.24, 2.45) is 10.9 Å². The number of hydrogen-bond donors (Lipinski definition) is 2. The molecular weight excluding hydrogens is 437 g/mol. The average molecular weight is 479 g/mol. The molecule has 0 aromatic heterocycles. The van der Waals surface area contributed by atoms with Gasteiger partial charge in [-0.15, -0.1) is 24.0 Å². The molecule has 0 aliphatic carbocycles. The van der Waals surface area contributed by atoms with Crippen molar-refractivity contribution in [2.45, 2.75) is 71.9 Å². The zero-order valence-corrected chi connectivity index (χ0v) is 19.8. The molecule has 2 rings (SSSR count). The molecule has 0 aromatic carbocycles. The first-order valence-electron chi connectivity index (χ1n) is 10.6. The van der Waals surface area contributed by atoms with Crippen LogP contribution in [0.3, 0.4) is 0 Å². The molecule has 0 radical (unpaired) electrons. The number of halogens is 1. The minimum atomic E-state index is 0. The van der Waals surface area contributed by atoms with E-state index in [1.54, 1.807) is 0 Å². The van der Waals surface area contributed by atoms with Gasteiger partial charge in [0.05, 0.1) is 6.54 Å². The molecule has 2 heterocycles. The Hall–Kier alpha value is -0.0800. The zero-order chi connectivity index (χ0) is 18.1. The summed E-state index contributed by atoms with van der Waals surface area (Å²) in [6.07, 6.45) is 6.45. The molecule has 2 N–H and O–H groups in total. The number of nitrogens with zero attached hydrogens (tertiary/aromatic N) is 3. The Kier molecular flexibility index (Phi) is 12.1. The minimum absolute atomic E-state index is 0. The lowest BCUT2D eigenvalue weighted by Gasteiger charge is -2.35. The maximum atomic E-state index is 4.94. The summed E-state index contributed by atoms with van der Waals surface area (Å²) in [7, 11) is 0. The second-order valence-corrected chi connectivity index (χ2v) is 8.11. The molecule has 2 saturated heterocycles. The number of guanidine groups is 1. The summed E-state index contributed by atoms with van der Waals surface area (Å²) >= 11 is 0. The SMILES string of the molecule is CCNC(=NCC1CCCCN1CC)NC1CCN(CC(C)C)CC1.I. The monoisotopic (exact) mass is 479 g/mol. The normalized spacial score (nSPS) is 23.7. The molecular formula is C20H42IN5. The van der Waals surface area contributed by atoms with Gasteiger partial charge in [-0.05, 0) is 51.6 Å². The fourth-order valence-corrected chi connectivity index (χ4v) is 4.17. The van der Waals surface area contributed by atoms with Gasteiger partial charge in [0, 0.05) is 38.3 Å². The maximum absolute atomic E-state index is 4.94. The molecule has 154 valence electrons. The van der Waals surface area contributed by atoms with Crippen LogP contribution in [-0.2, 0) is 0 Å². The van der Waals surface area contributed by atoms with Gasteiger partial charge in [0.1, 0.15) is 0 Å². The number of nitrogens with one attached hydrogen (secondary N) is 2. The van der Waals surface area contributed by atoms with Crippen LogP contribution in [0.2, 0.25) is 0 Å². The summed E-state index contributed by atoms with van der Waals surface area (Å²) in [4.78, 5) is 10.1. The molecule has 0 aromatic rings. The van der Waals surface area contributed by atoms with Gasteiger partial charge in [-0.25, -0.2) is 0 Å². The van der Waals surface area contributed by atoms with Crippen molar-refractivity contribution >= 4 is 29.9 Å². The van der Waals surface area contributed by atoms with Crippen LogP contribution in [0, 0.1) is 5.92 Å². The Morgan fingerprint density at radius 2 is 1.81 bits per heavy atom. The molecule has 26 heavy (non-hydrogen) atoms. The minimum Gasteiger partial charge on any atom is -0.357 e. The third kappa shape index (κ3) is 8.30. The number of likely N-dealkylation sites (N-methyl/N-ethyl adjacent to an activating group) is 1. The van der Waals surface area contributed by atoms with Gasteiger partial charge in [0.25, 0.3) is 0 Å².